The number of carbonyl (C=O) groups excluding carboxylic acids is 1. The van der Waals surface area contributed by atoms with Crippen molar-refractivity contribution in [1.29, 1.82) is 0 Å². The van der Waals surface area contributed by atoms with Crippen LogP contribution in [-0.2, 0) is 0 Å². The molecule has 7 heteroatoms. The fourth-order valence-corrected chi connectivity index (χ4v) is 2.35. The van der Waals surface area contributed by atoms with E-state index < -0.39 is 0 Å². The van der Waals surface area contributed by atoms with Crippen molar-refractivity contribution in [2.75, 3.05) is 25.1 Å². The third-order valence-corrected chi connectivity index (χ3v) is 3.63. The van der Waals surface area contributed by atoms with Crippen LogP contribution in [0.1, 0.15) is 30.8 Å². The van der Waals surface area contributed by atoms with E-state index in [4.69, 9.17) is 5.84 Å². The van der Waals surface area contributed by atoms with E-state index in [1.807, 2.05) is 0 Å². The van der Waals surface area contributed by atoms with E-state index in [-0.39, 0.29) is 5.91 Å². The van der Waals surface area contributed by atoms with Gasteiger partial charge in [0.15, 0.2) is 5.82 Å². The van der Waals surface area contributed by atoms with Gasteiger partial charge < -0.3 is 15.6 Å². The van der Waals surface area contributed by atoms with Crippen LogP contribution in [0.4, 0.5) is 5.82 Å². The molecular weight excluding hydrogens is 256 g/mol. The van der Waals surface area contributed by atoms with Gasteiger partial charge in [-0.3, -0.25) is 4.79 Å². The lowest BCUT2D eigenvalue weighted by Crippen LogP contribution is -2.33. The Kier molecular flexibility index (Phi) is 4.86. The monoisotopic (exact) mass is 278 g/mol. The van der Waals surface area contributed by atoms with Crippen molar-refractivity contribution in [3.8, 4) is 0 Å². The lowest BCUT2D eigenvalue weighted by Gasteiger charge is -2.20. The fourth-order valence-electron chi connectivity index (χ4n) is 2.35. The van der Waals surface area contributed by atoms with Gasteiger partial charge in [-0.05, 0) is 32.7 Å². The number of nitrogens with zero attached hydrogens (tertiary/aromatic N) is 3. The molecule has 0 bridgehead atoms. The van der Waals surface area contributed by atoms with E-state index in [0.717, 1.165) is 19.5 Å². The summed E-state index contributed by atoms with van der Waals surface area (Å²) in [5.74, 6) is 5.95. The van der Waals surface area contributed by atoms with E-state index in [9.17, 15) is 4.79 Å². The molecule has 20 heavy (non-hydrogen) atoms. The van der Waals surface area contributed by atoms with Gasteiger partial charge in [-0.25, -0.2) is 15.8 Å². The highest BCUT2D eigenvalue weighted by atomic mass is 16.1. The van der Waals surface area contributed by atoms with Crippen LogP contribution in [0.2, 0.25) is 0 Å². The normalized spacial score (nSPS) is 19.3. The summed E-state index contributed by atoms with van der Waals surface area (Å²) in [6.07, 6.45) is 3.98. The largest absolute Gasteiger partial charge is 0.350 e. The van der Waals surface area contributed by atoms with Crippen LogP contribution in [0.15, 0.2) is 12.4 Å². The van der Waals surface area contributed by atoms with Crippen LogP contribution in [0.3, 0.4) is 0 Å². The van der Waals surface area contributed by atoms with Crippen molar-refractivity contribution in [2.24, 2.45) is 11.8 Å². The maximum atomic E-state index is 11.9. The van der Waals surface area contributed by atoms with E-state index in [1.165, 1.54) is 12.4 Å². The molecule has 110 valence electrons. The van der Waals surface area contributed by atoms with Crippen LogP contribution >= 0.6 is 0 Å². The first-order valence-corrected chi connectivity index (χ1v) is 6.91. The van der Waals surface area contributed by atoms with Crippen molar-refractivity contribution in [1.82, 2.24) is 20.2 Å². The van der Waals surface area contributed by atoms with E-state index in [0.29, 0.717) is 30.0 Å². The second kappa shape index (κ2) is 6.62. The minimum atomic E-state index is -0.191. The van der Waals surface area contributed by atoms with Crippen LogP contribution < -0.4 is 16.6 Å². The molecular formula is C13H22N6O. The maximum Gasteiger partial charge on any atom is 0.271 e. The summed E-state index contributed by atoms with van der Waals surface area (Å²) in [6.45, 7) is 7.22. The molecule has 0 spiro atoms. The molecule has 1 atom stereocenters. The molecule has 0 aromatic carbocycles. The summed E-state index contributed by atoms with van der Waals surface area (Å²) < 4.78 is 0. The second-order valence-electron chi connectivity index (χ2n) is 5.38. The Hall–Kier alpha value is -1.73. The average molecular weight is 278 g/mol. The van der Waals surface area contributed by atoms with Gasteiger partial charge >= 0.3 is 0 Å². The lowest BCUT2D eigenvalue weighted by atomic mass is 10.1. The zero-order valence-corrected chi connectivity index (χ0v) is 12.0. The fraction of sp³-hybridized carbons (Fsp3) is 0.615. The summed E-state index contributed by atoms with van der Waals surface area (Å²) in [5.41, 5.74) is 2.68. The number of nitrogen functional groups attached to an aromatic ring is 1. The number of amides is 1. The number of carbonyl (C=O) groups is 1. The Morgan fingerprint density at radius 1 is 1.50 bits per heavy atom. The molecule has 1 aromatic heterocycles. The van der Waals surface area contributed by atoms with Crippen LogP contribution in [0.5, 0.6) is 0 Å². The van der Waals surface area contributed by atoms with Gasteiger partial charge in [-0.1, -0.05) is 0 Å². The summed E-state index contributed by atoms with van der Waals surface area (Å²) in [4.78, 5) is 22.3. The number of nitrogens with two attached hydrogens (primary N) is 1. The van der Waals surface area contributed by atoms with E-state index in [2.05, 4.69) is 39.5 Å². The molecule has 1 aliphatic rings. The molecule has 1 amide bonds. The molecule has 4 N–H and O–H groups in total. The van der Waals surface area contributed by atoms with Gasteiger partial charge in [0.1, 0.15) is 5.69 Å². The van der Waals surface area contributed by atoms with Gasteiger partial charge in [0, 0.05) is 19.1 Å². The third-order valence-electron chi connectivity index (χ3n) is 3.63. The van der Waals surface area contributed by atoms with Crippen molar-refractivity contribution in [2.45, 2.75) is 26.3 Å². The Balaban J connectivity index is 1.80. The van der Waals surface area contributed by atoms with Gasteiger partial charge in [-0.2, -0.15) is 0 Å². The predicted molar refractivity (Wildman–Crippen MR) is 77.0 cm³/mol. The summed E-state index contributed by atoms with van der Waals surface area (Å²) in [5, 5.41) is 2.92. The topological polar surface area (TPSA) is 96.2 Å². The molecule has 1 fully saturated rings. The number of aromatic nitrogens is 2. The summed E-state index contributed by atoms with van der Waals surface area (Å²) in [6, 6.07) is 0.567. The molecule has 0 radical (unpaired) electrons. The molecule has 1 aromatic rings. The SMILES string of the molecule is CC(C)N1CCC(CNC(=O)c2cnc(NN)cn2)C1. The van der Waals surface area contributed by atoms with Crippen molar-refractivity contribution < 1.29 is 4.79 Å². The maximum absolute atomic E-state index is 11.9. The van der Waals surface area contributed by atoms with Crippen molar-refractivity contribution in [3.63, 3.8) is 0 Å². The van der Waals surface area contributed by atoms with Crippen molar-refractivity contribution in [3.05, 3.63) is 18.1 Å². The molecule has 1 saturated heterocycles. The Morgan fingerprint density at radius 3 is 2.85 bits per heavy atom. The molecule has 0 aliphatic carbocycles. The highest BCUT2D eigenvalue weighted by Crippen LogP contribution is 2.17. The molecule has 2 heterocycles. The standard InChI is InChI=1S/C13H22N6O/c1-9(2)19-4-3-10(8-19)5-17-13(20)11-6-16-12(18-14)7-15-11/h6-7,9-10H,3-5,8,14H2,1-2H3,(H,16,18)(H,17,20). The highest BCUT2D eigenvalue weighted by Gasteiger charge is 2.24. The first-order valence-electron chi connectivity index (χ1n) is 6.91. The molecule has 1 unspecified atom stereocenters. The quantitative estimate of drug-likeness (QED) is 0.527. The lowest BCUT2D eigenvalue weighted by molar-refractivity contribution is 0.0942. The first kappa shape index (κ1) is 14.7. The van der Waals surface area contributed by atoms with Gasteiger partial charge in [0.25, 0.3) is 5.91 Å². The number of hydrogen-bond acceptors (Lipinski definition) is 6. The first-order chi connectivity index (χ1) is 9.60. The predicted octanol–water partition coefficient (Wildman–Crippen LogP) is 0.222. The zero-order chi connectivity index (χ0) is 14.5. The number of likely N-dealkylation sites (tertiary alicyclic amines) is 1. The molecule has 1 aliphatic heterocycles. The Bertz CT molecular complexity index is 447. The highest BCUT2D eigenvalue weighted by molar-refractivity contribution is 5.91. The Morgan fingerprint density at radius 2 is 2.30 bits per heavy atom. The number of hydrazine groups is 1. The van der Waals surface area contributed by atoms with Gasteiger partial charge in [-0.15, -0.1) is 0 Å². The van der Waals surface area contributed by atoms with Crippen LogP contribution in [0.25, 0.3) is 0 Å². The van der Waals surface area contributed by atoms with E-state index in [1.54, 1.807) is 0 Å². The minimum Gasteiger partial charge on any atom is -0.350 e. The smallest absolute Gasteiger partial charge is 0.271 e. The van der Waals surface area contributed by atoms with Gasteiger partial charge in [0.2, 0.25) is 0 Å². The molecule has 7 nitrogen and oxygen atoms in total. The molecule has 0 saturated carbocycles. The minimum absolute atomic E-state index is 0.191. The van der Waals surface area contributed by atoms with Crippen LogP contribution in [-0.4, -0.2) is 46.5 Å². The van der Waals surface area contributed by atoms with Crippen molar-refractivity contribution >= 4 is 11.7 Å². The number of anilines is 1. The second-order valence-corrected chi connectivity index (χ2v) is 5.38. The molecule has 2 rings (SSSR count). The Labute approximate surface area is 118 Å². The number of hydrogen-bond donors (Lipinski definition) is 3. The van der Waals surface area contributed by atoms with E-state index >= 15 is 0 Å². The van der Waals surface area contributed by atoms with Crippen LogP contribution in [0, 0.1) is 5.92 Å². The average Bonchev–Trinajstić information content (AvgIpc) is 2.94. The van der Waals surface area contributed by atoms with Gasteiger partial charge in [0.05, 0.1) is 12.4 Å². The summed E-state index contributed by atoms with van der Waals surface area (Å²) >= 11 is 0. The third kappa shape index (κ3) is 3.64. The zero-order valence-electron chi connectivity index (χ0n) is 12.0. The number of nitrogens with one attached hydrogen (secondary N) is 2. The summed E-state index contributed by atoms with van der Waals surface area (Å²) in [7, 11) is 0. The number of rotatable bonds is 5.